The Morgan fingerprint density at radius 1 is 0.966 bits per heavy atom. The molecule has 9 rings (SSSR count). The number of methoxy groups -OCH3 is 1. The van der Waals surface area contributed by atoms with Gasteiger partial charge in [0.05, 0.1) is 24.4 Å². The van der Waals surface area contributed by atoms with Gasteiger partial charge in [0.2, 0.25) is 21.8 Å². The molecule has 59 heavy (non-hydrogen) atoms. The number of benzene rings is 2. The second kappa shape index (κ2) is 15.7. The second-order valence-electron chi connectivity index (χ2n) is 16.6. The lowest BCUT2D eigenvalue weighted by molar-refractivity contribution is -0.141. The van der Waals surface area contributed by atoms with Gasteiger partial charge in [0, 0.05) is 29.2 Å². The van der Waals surface area contributed by atoms with Gasteiger partial charge in [-0.2, -0.15) is 0 Å². The predicted molar refractivity (Wildman–Crippen MR) is 217 cm³/mol. The summed E-state index contributed by atoms with van der Waals surface area (Å²) < 4.78 is 52.5. The number of furan rings is 1. The van der Waals surface area contributed by atoms with Crippen molar-refractivity contribution in [3.05, 3.63) is 54.6 Å². The Labute approximate surface area is 341 Å². The summed E-state index contributed by atoms with van der Waals surface area (Å²) in [5.41, 5.74) is 0.650. The van der Waals surface area contributed by atoms with Crippen LogP contribution >= 0.6 is 0 Å². The largest absolute Gasteiger partial charge is 0.497 e. The molecule has 15 nitrogen and oxygen atoms in total. The number of allylic oxidation sites excluding steroid dienone is 1. The topological polar surface area (TPSA) is 195 Å². The number of hydrogen-bond donors (Lipinski definition) is 3. The van der Waals surface area contributed by atoms with E-state index >= 15 is 0 Å². The number of carbonyl (C=O) groups is 4. The van der Waals surface area contributed by atoms with E-state index in [-0.39, 0.29) is 25.5 Å². The predicted octanol–water partition coefficient (Wildman–Crippen LogP) is 5.53. The van der Waals surface area contributed by atoms with Gasteiger partial charge < -0.3 is 34.2 Å². The molecule has 4 fully saturated rings. The summed E-state index contributed by atoms with van der Waals surface area (Å²) in [4.78, 5) is 62.9. The summed E-state index contributed by atoms with van der Waals surface area (Å²) in [6, 6.07) is 10.8. The molecule has 0 radical (unpaired) electrons. The van der Waals surface area contributed by atoms with Crippen LogP contribution in [-0.4, -0.2) is 90.9 Å². The number of nitrogens with one attached hydrogen (secondary N) is 3. The number of rotatable bonds is 8. The van der Waals surface area contributed by atoms with Gasteiger partial charge in [0.25, 0.3) is 5.91 Å². The Morgan fingerprint density at radius 2 is 1.76 bits per heavy atom. The average molecular weight is 828 g/mol. The lowest BCUT2D eigenvalue weighted by atomic mass is 10.0. The van der Waals surface area contributed by atoms with Crippen molar-refractivity contribution in [3.8, 4) is 11.5 Å². The monoisotopic (exact) mass is 827 g/mol. The van der Waals surface area contributed by atoms with Crippen LogP contribution in [0.15, 0.2) is 59.0 Å². The fourth-order valence-corrected chi connectivity index (χ4v) is 10.3. The van der Waals surface area contributed by atoms with E-state index < -0.39 is 68.7 Å². The minimum Gasteiger partial charge on any atom is -0.497 e. The first-order valence-electron chi connectivity index (χ1n) is 20.8. The Morgan fingerprint density at radius 3 is 2.56 bits per heavy atom. The van der Waals surface area contributed by atoms with Gasteiger partial charge in [0.1, 0.15) is 46.7 Å². The summed E-state index contributed by atoms with van der Waals surface area (Å²) in [5.74, 6) is -1.36. The molecule has 5 atom stereocenters. The van der Waals surface area contributed by atoms with E-state index in [1.807, 2.05) is 42.5 Å². The van der Waals surface area contributed by atoms with Gasteiger partial charge >= 0.3 is 6.09 Å². The average Bonchev–Trinajstić information content (AvgIpc) is 4.04. The molecule has 2 aromatic carbocycles. The van der Waals surface area contributed by atoms with Crippen molar-refractivity contribution in [1.82, 2.24) is 25.2 Å². The van der Waals surface area contributed by atoms with Crippen molar-refractivity contribution in [2.24, 2.45) is 5.92 Å². The van der Waals surface area contributed by atoms with Crippen LogP contribution in [0.5, 0.6) is 11.5 Å². The first-order chi connectivity index (χ1) is 28.5. The zero-order valence-corrected chi connectivity index (χ0v) is 33.8. The zero-order valence-electron chi connectivity index (χ0n) is 32.9. The van der Waals surface area contributed by atoms with Crippen molar-refractivity contribution < 1.29 is 46.2 Å². The molecule has 4 heterocycles. The molecule has 16 heteroatoms. The molecule has 3 aliphatic carbocycles. The minimum atomic E-state index is -3.91. The molecule has 0 spiro atoms. The molecular formula is C43H49N5O10S. The molecule has 4 amide bonds. The molecule has 1 saturated heterocycles. The Kier molecular flexibility index (Phi) is 10.4. The summed E-state index contributed by atoms with van der Waals surface area (Å²) in [6.07, 6.45) is 10.0. The van der Waals surface area contributed by atoms with Crippen LogP contribution in [0.2, 0.25) is 0 Å². The van der Waals surface area contributed by atoms with Crippen LogP contribution in [0.1, 0.15) is 83.5 Å². The molecule has 0 unspecified atom stereocenters. The fourth-order valence-electron chi connectivity index (χ4n) is 8.93. The number of carbonyl (C=O) groups excluding carboxylic acids is 4. The van der Waals surface area contributed by atoms with Crippen LogP contribution in [-0.2, 0) is 29.1 Å². The SMILES string of the molecule is COc1ccc2c(O[C@H]3C[C@H]4C(=O)N[C@]5(C(=O)NS(=O)(=O)C6CC6)C[C@H]5/C=C\CCCCC[C@@H](NC(=O)OC5CCCC5)C(=O)N4C3)c3oc4ccccc4c3nc2c1. The maximum absolute atomic E-state index is 14.8. The number of hydrogen-bond acceptors (Lipinski definition) is 11. The van der Waals surface area contributed by atoms with E-state index in [4.69, 9.17) is 23.6 Å². The summed E-state index contributed by atoms with van der Waals surface area (Å²) in [7, 11) is -2.34. The third-order valence-electron chi connectivity index (χ3n) is 12.5. The Bertz CT molecular complexity index is 2460. The molecule has 3 N–H and O–H groups in total. The number of pyridine rings is 1. The third-order valence-corrected chi connectivity index (χ3v) is 14.3. The maximum atomic E-state index is 14.8. The fraction of sp³-hybridized carbons (Fsp3) is 0.512. The highest BCUT2D eigenvalue weighted by molar-refractivity contribution is 7.91. The van der Waals surface area contributed by atoms with E-state index in [2.05, 4.69) is 15.4 Å². The van der Waals surface area contributed by atoms with Crippen molar-refractivity contribution in [1.29, 1.82) is 0 Å². The first-order valence-corrected chi connectivity index (χ1v) is 22.4. The normalized spacial score (nSPS) is 27.3. The number of para-hydroxylation sites is 1. The number of aromatic nitrogens is 1. The van der Waals surface area contributed by atoms with Crippen molar-refractivity contribution >= 4 is 66.8 Å². The minimum absolute atomic E-state index is 0.0249. The Hall–Kier alpha value is -5.38. The van der Waals surface area contributed by atoms with E-state index in [9.17, 15) is 27.6 Å². The summed E-state index contributed by atoms with van der Waals surface area (Å²) >= 11 is 0. The van der Waals surface area contributed by atoms with Crippen LogP contribution in [0.4, 0.5) is 4.79 Å². The van der Waals surface area contributed by atoms with Crippen molar-refractivity contribution in [3.63, 3.8) is 0 Å². The van der Waals surface area contributed by atoms with Crippen LogP contribution < -0.4 is 24.8 Å². The number of sulfonamides is 1. The number of amides is 4. The quantitative estimate of drug-likeness (QED) is 0.189. The molecule has 5 aliphatic rings. The highest BCUT2D eigenvalue weighted by atomic mass is 32.2. The molecule has 2 aromatic heterocycles. The van der Waals surface area contributed by atoms with Gasteiger partial charge in [-0.15, -0.1) is 0 Å². The number of ether oxygens (including phenoxy) is 3. The van der Waals surface area contributed by atoms with Gasteiger partial charge in [-0.25, -0.2) is 18.2 Å². The number of fused-ring (bicyclic) bond motifs is 6. The van der Waals surface area contributed by atoms with Crippen LogP contribution in [0, 0.1) is 5.92 Å². The standard InChI is InChI=1S/C43H49N5O10S/c1-55-27-17-20-30-33(21-27)44-36-31-14-9-10-16-35(31)58-38(36)37(30)56-28-22-34-39(49)46-43(41(51)47-59(53,54)29-18-19-29)23-25(43)11-5-3-2-4-6-15-32(40(50)48(34)24-28)45-42(52)57-26-12-7-8-13-26/h5,9-11,14,16-17,20-21,25-26,28-29,32,34H,2-4,6-8,12-13,15,18-19,22-24H2,1H3,(H,45,52)(H,46,49)(H,47,51)/b11-5-/t25-,28+,32-,34+,43-/m1/s1. The summed E-state index contributed by atoms with van der Waals surface area (Å²) in [5, 5.41) is 6.53. The Balaban J connectivity index is 1.07. The molecule has 2 aliphatic heterocycles. The number of alkyl carbamates (subject to hydrolysis) is 1. The highest BCUT2D eigenvalue weighted by Gasteiger charge is 2.62. The first kappa shape index (κ1) is 39.1. The lowest BCUT2D eigenvalue weighted by Gasteiger charge is -2.30. The van der Waals surface area contributed by atoms with Crippen molar-refractivity contribution in [2.75, 3.05) is 13.7 Å². The smallest absolute Gasteiger partial charge is 0.408 e. The van der Waals surface area contributed by atoms with E-state index in [1.165, 1.54) is 4.90 Å². The van der Waals surface area contributed by atoms with Crippen LogP contribution in [0.3, 0.4) is 0 Å². The molecular weight excluding hydrogens is 779 g/mol. The van der Waals surface area contributed by atoms with Gasteiger partial charge in [-0.1, -0.05) is 37.1 Å². The van der Waals surface area contributed by atoms with E-state index in [0.29, 0.717) is 71.2 Å². The van der Waals surface area contributed by atoms with E-state index in [0.717, 1.165) is 43.9 Å². The second-order valence-corrected chi connectivity index (χ2v) is 18.6. The van der Waals surface area contributed by atoms with Gasteiger partial charge in [-0.3, -0.25) is 19.1 Å². The number of nitrogens with zero attached hydrogens (tertiary/aromatic N) is 2. The van der Waals surface area contributed by atoms with Gasteiger partial charge in [-0.05, 0) is 88.5 Å². The lowest BCUT2D eigenvalue weighted by Crippen LogP contribution is -2.58. The van der Waals surface area contributed by atoms with Crippen molar-refractivity contribution in [2.45, 2.75) is 119 Å². The van der Waals surface area contributed by atoms with E-state index in [1.54, 1.807) is 19.2 Å². The van der Waals surface area contributed by atoms with Gasteiger partial charge in [0.15, 0.2) is 11.3 Å². The molecule has 4 aromatic rings. The summed E-state index contributed by atoms with van der Waals surface area (Å²) in [6.45, 7) is -0.0347. The molecule has 0 bridgehead atoms. The van der Waals surface area contributed by atoms with Crippen LogP contribution in [0.25, 0.3) is 33.0 Å². The third kappa shape index (κ3) is 7.78. The maximum Gasteiger partial charge on any atom is 0.408 e. The highest BCUT2D eigenvalue weighted by Crippen LogP contribution is 2.46. The molecule has 312 valence electrons. The zero-order chi connectivity index (χ0) is 40.9. The molecule has 3 saturated carbocycles.